The molecule has 1 heterocycles. The number of carbonyl (C=O) groups is 5. The van der Waals surface area contributed by atoms with Crippen LogP contribution in [0.1, 0.15) is 257 Å². The molecule has 1 saturated heterocycles. The van der Waals surface area contributed by atoms with Crippen molar-refractivity contribution in [3.63, 3.8) is 0 Å². The van der Waals surface area contributed by atoms with E-state index < -0.39 is 60.9 Å². The number of alkyl carbamates (subject to hydrolysis) is 1. The molecule has 81 heavy (non-hydrogen) atoms. The molecule has 0 radical (unpaired) electrons. The van der Waals surface area contributed by atoms with E-state index in [0.717, 1.165) is 96.7 Å². The SMILES string of the molecule is CCCCCCCCOC(CCC(=O)OCc1cc(COC(=O)CCCCCCC(=O)OCCCCCCC(F)(F)C(F)(F)F)cc(COC(=O)CCC(CCCCCC)OC(=O)NCCN2CCCC2)c1)OCCCCCCCC.[HH]. The van der Waals surface area contributed by atoms with Crippen LogP contribution in [0.5, 0.6) is 0 Å². The number of rotatable bonds is 51. The number of esters is 4. The van der Waals surface area contributed by atoms with E-state index in [-0.39, 0.29) is 66.4 Å². The van der Waals surface area contributed by atoms with Gasteiger partial charge in [0.15, 0.2) is 6.29 Å². The molecule has 1 unspecified atom stereocenters. The molecule has 1 aromatic carbocycles. The molecular formula is C62H105F5N2O12. The summed E-state index contributed by atoms with van der Waals surface area (Å²) in [6.07, 6.45) is 16.3. The lowest BCUT2D eigenvalue weighted by molar-refractivity contribution is -0.284. The third-order valence-corrected chi connectivity index (χ3v) is 14.3. The molecule has 1 N–H and O–H groups in total. The second-order valence-corrected chi connectivity index (χ2v) is 21.8. The van der Waals surface area contributed by atoms with Crippen molar-refractivity contribution in [2.24, 2.45) is 0 Å². The maximum absolute atomic E-state index is 13.2. The number of hydrogen-bond acceptors (Lipinski definition) is 13. The van der Waals surface area contributed by atoms with Gasteiger partial charge in [-0.15, -0.1) is 0 Å². The van der Waals surface area contributed by atoms with Gasteiger partial charge >= 0.3 is 42.1 Å². The topological polar surface area (TPSA) is 165 Å². The average Bonchev–Trinajstić information content (AvgIpc) is 3.96. The Hall–Kier alpha value is -4.10. The molecule has 0 spiro atoms. The van der Waals surface area contributed by atoms with Gasteiger partial charge in [0.25, 0.3) is 0 Å². The Balaban J connectivity index is 0.0000336. The summed E-state index contributed by atoms with van der Waals surface area (Å²) in [4.78, 5) is 66.5. The van der Waals surface area contributed by atoms with Crippen LogP contribution in [0.15, 0.2) is 18.2 Å². The molecule has 1 aromatic rings. The number of likely N-dealkylation sites (tertiary alicyclic amines) is 1. The monoisotopic (exact) mass is 1160 g/mol. The Kier molecular flexibility index (Phi) is 41.7. The van der Waals surface area contributed by atoms with Gasteiger partial charge in [-0.1, -0.05) is 130 Å². The molecule has 1 amide bonds. The second-order valence-electron chi connectivity index (χ2n) is 21.8. The molecule has 0 aromatic heterocycles. The van der Waals surface area contributed by atoms with Crippen molar-refractivity contribution in [2.45, 2.75) is 283 Å². The summed E-state index contributed by atoms with van der Waals surface area (Å²) in [6.45, 7) is 10.7. The molecule has 1 atom stereocenters. The first-order valence-corrected chi connectivity index (χ1v) is 31.1. The fourth-order valence-corrected chi connectivity index (χ4v) is 9.39. The number of benzene rings is 1. The van der Waals surface area contributed by atoms with Crippen LogP contribution in [0.4, 0.5) is 26.7 Å². The number of unbranched alkanes of at least 4 members (excludes halogenated alkanes) is 19. The molecule has 19 heteroatoms. The highest BCUT2D eigenvalue weighted by molar-refractivity contribution is 5.71. The van der Waals surface area contributed by atoms with Gasteiger partial charge in [-0.3, -0.25) is 19.2 Å². The van der Waals surface area contributed by atoms with Gasteiger partial charge in [0.05, 0.1) is 13.0 Å². The molecule has 14 nitrogen and oxygen atoms in total. The Morgan fingerprint density at radius 3 is 1.43 bits per heavy atom. The zero-order valence-corrected chi connectivity index (χ0v) is 49.7. The number of amides is 1. The van der Waals surface area contributed by atoms with Crippen LogP contribution in [0.2, 0.25) is 0 Å². The summed E-state index contributed by atoms with van der Waals surface area (Å²) in [7, 11) is 0. The van der Waals surface area contributed by atoms with Gasteiger partial charge in [0.2, 0.25) is 0 Å². The summed E-state index contributed by atoms with van der Waals surface area (Å²) < 4.78 is 103. The molecular weight excluding hydrogens is 1060 g/mol. The minimum Gasteiger partial charge on any atom is -0.466 e. The highest BCUT2D eigenvalue weighted by Crippen LogP contribution is 2.39. The third kappa shape index (κ3) is 39.1. The highest BCUT2D eigenvalue weighted by Gasteiger charge is 2.56. The van der Waals surface area contributed by atoms with Crippen LogP contribution in [0.25, 0.3) is 0 Å². The van der Waals surface area contributed by atoms with Gasteiger partial charge in [0.1, 0.15) is 25.9 Å². The molecule has 0 aliphatic carbocycles. The molecule has 0 saturated carbocycles. The molecule has 0 bridgehead atoms. The molecule has 470 valence electrons. The summed E-state index contributed by atoms with van der Waals surface area (Å²) in [6, 6.07) is 5.32. The van der Waals surface area contributed by atoms with Crippen molar-refractivity contribution >= 4 is 30.0 Å². The van der Waals surface area contributed by atoms with Crippen molar-refractivity contribution in [1.82, 2.24) is 10.2 Å². The fraction of sp³-hybridized carbons (Fsp3) is 0.823. The van der Waals surface area contributed by atoms with Crippen molar-refractivity contribution in [1.29, 1.82) is 0 Å². The molecule has 1 aliphatic heterocycles. The zero-order valence-electron chi connectivity index (χ0n) is 49.7. The number of ether oxygens (including phenoxy) is 7. The smallest absolute Gasteiger partial charge is 0.453 e. The predicted molar refractivity (Wildman–Crippen MR) is 304 cm³/mol. The maximum atomic E-state index is 13.2. The van der Waals surface area contributed by atoms with E-state index in [1.54, 1.807) is 18.2 Å². The van der Waals surface area contributed by atoms with E-state index in [2.05, 4.69) is 31.0 Å². The molecule has 1 fully saturated rings. The summed E-state index contributed by atoms with van der Waals surface area (Å²) in [5, 5.41) is 2.86. The first-order valence-electron chi connectivity index (χ1n) is 31.1. The van der Waals surface area contributed by atoms with Gasteiger partial charge in [0, 0.05) is 59.8 Å². The van der Waals surface area contributed by atoms with E-state index in [4.69, 9.17) is 33.2 Å². The van der Waals surface area contributed by atoms with Crippen LogP contribution in [0, 0.1) is 0 Å². The predicted octanol–water partition coefficient (Wildman–Crippen LogP) is 15.9. The van der Waals surface area contributed by atoms with Gasteiger partial charge < -0.3 is 43.4 Å². The lowest BCUT2D eigenvalue weighted by atomic mass is 10.1. The van der Waals surface area contributed by atoms with Crippen molar-refractivity contribution in [3.05, 3.63) is 34.9 Å². The minimum atomic E-state index is -5.56. The third-order valence-electron chi connectivity index (χ3n) is 14.3. The number of hydrogen-bond donors (Lipinski definition) is 1. The van der Waals surface area contributed by atoms with E-state index in [9.17, 15) is 45.9 Å². The zero-order chi connectivity index (χ0) is 59.2. The van der Waals surface area contributed by atoms with E-state index >= 15 is 0 Å². The van der Waals surface area contributed by atoms with E-state index in [1.807, 2.05) is 0 Å². The van der Waals surface area contributed by atoms with Gasteiger partial charge in [-0.05, 0) is 119 Å². The Morgan fingerprint density at radius 1 is 0.506 bits per heavy atom. The van der Waals surface area contributed by atoms with Gasteiger partial charge in [-0.25, -0.2) is 4.79 Å². The van der Waals surface area contributed by atoms with Crippen LogP contribution in [-0.2, 0) is 72.2 Å². The number of halogens is 5. The Bertz CT molecular complexity index is 1810. The average molecular weight is 1170 g/mol. The van der Waals surface area contributed by atoms with Crippen molar-refractivity contribution in [2.75, 3.05) is 46.0 Å². The van der Waals surface area contributed by atoms with Crippen molar-refractivity contribution < 1.29 is 80.5 Å². The van der Waals surface area contributed by atoms with Crippen LogP contribution in [-0.4, -0.2) is 105 Å². The van der Waals surface area contributed by atoms with E-state index in [0.29, 0.717) is 94.2 Å². The first kappa shape index (κ1) is 73.0. The quantitative estimate of drug-likeness (QED) is 0.0216. The fourth-order valence-electron chi connectivity index (χ4n) is 9.39. The summed E-state index contributed by atoms with van der Waals surface area (Å²) >= 11 is 0. The lowest BCUT2D eigenvalue weighted by Crippen LogP contribution is -2.36. The second kappa shape index (κ2) is 46.3. The number of carbonyl (C=O) groups excluding carboxylic acids is 5. The maximum Gasteiger partial charge on any atom is 0.453 e. The Labute approximate surface area is 483 Å². The molecule has 1 aliphatic rings. The minimum absolute atomic E-state index is 0. The number of alkyl halides is 5. The largest absolute Gasteiger partial charge is 0.466 e. The number of nitrogens with zero attached hydrogens (tertiary/aromatic N) is 1. The standard InChI is InChI=1S/C62H103F5N2O12.H2/c1-4-7-10-13-18-28-43-76-59(77-44-29-19-14-11-8-5-2)36-35-58(73)80-50-53-46-51(48-78-56(71)32-23-16-15-22-31-55(70)75-42-27-20-17-24-37-61(63,64)62(65,66)67)45-52(47-53)49-79-57(72)34-33-54(30-21-12-9-6-3)81-60(74)68-38-41-69-39-25-26-40-69;/h45-47,54,59H,4-44,48-50H2,1-3H3,(H,68,74);1H. The first-order chi connectivity index (χ1) is 39.0. The van der Waals surface area contributed by atoms with Gasteiger partial charge in [-0.2, -0.15) is 22.0 Å². The summed E-state index contributed by atoms with van der Waals surface area (Å²) in [5.74, 6) is -6.45. The van der Waals surface area contributed by atoms with Crippen LogP contribution >= 0.6 is 0 Å². The summed E-state index contributed by atoms with van der Waals surface area (Å²) in [5.41, 5.74) is 1.82. The van der Waals surface area contributed by atoms with Crippen LogP contribution < -0.4 is 5.32 Å². The highest BCUT2D eigenvalue weighted by atomic mass is 19.4. The Morgan fingerprint density at radius 2 is 0.926 bits per heavy atom. The lowest BCUT2D eigenvalue weighted by Gasteiger charge is -2.19. The number of nitrogens with one attached hydrogen (secondary N) is 1. The molecule has 2 rings (SSSR count). The van der Waals surface area contributed by atoms with E-state index in [1.165, 1.54) is 38.5 Å². The van der Waals surface area contributed by atoms with Crippen molar-refractivity contribution in [3.8, 4) is 0 Å². The normalized spacial score (nSPS) is 13.3. The van der Waals surface area contributed by atoms with Crippen LogP contribution in [0.3, 0.4) is 0 Å².